The number of carbonyl (C=O) groups excluding carboxylic acids is 1. The number of amides is 1. The van der Waals surface area contributed by atoms with Gasteiger partial charge in [0.1, 0.15) is 0 Å². The van der Waals surface area contributed by atoms with Crippen LogP contribution in [0.5, 0.6) is 0 Å². The lowest BCUT2D eigenvalue weighted by atomic mass is 9.74. The van der Waals surface area contributed by atoms with Crippen LogP contribution in [0.3, 0.4) is 0 Å². The average Bonchev–Trinajstić information content (AvgIpc) is 3.05. The minimum absolute atomic E-state index is 0.153. The minimum Gasteiger partial charge on any atom is -0.422 e. The average molecular weight is 342 g/mol. The van der Waals surface area contributed by atoms with Crippen LogP contribution in [-0.4, -0.2) is 47.0 Å². The normalized spacial score (nSPS) is 20.9. The molecule has 1 saturated carbocycles. The first-order valence-electron chi connectivity index (χ1n) is 9.34. The number of aryl methyl sites for hydroxylation is 1. The second kappa shape index (κ2) is 6.32. The summed E-state index contributed by atoms with van der Waals surface area (Å²) in [6.45, 7) is 7.08. The molecule has 1 saturated heterocycles. The van der Waals surface area contributed by atoms with Gasteiger partial charge in [-0.1, -0.05) is 26.2 Å². The Morgan fingerprint density at radius 3 is 2.52 bits per heavy atom. The predicted molar refractivity (Wildman–Crippen MR) is 96.5 cm³/mol. The number of nitrogens with zero attached hydrogens (tertiary/aromatic N) is 4. The van der Waals surface area contributed by atoms with Crippen molar-refractivity contribution in [2.24, 2.45) is 5.41 Å². The van der Waals surface area contributed by atoms with Crippen molar-refractivity contribution >= 4 is 23.2 Å². The van der Waals surface area contributed by atoms with Crippen LogP contribution in [-0.2, 0) is 4.79 Å². The monoisotopic (exact) mass is 342 g/mol. The van der Waals surface area contributed by atoms with E-state index in [0.29, 0.717) is 23.2 Å². The van der Waals surface area contributed by atoms with Gasteiger partial charge in [0, 0.05) is 37.3 Å². The van der Waals surface area contributed by atoms with Gasteiger partial charge in [0.2, 0.25) is 11.6 Å². The van der Waals surface area contributed by atoms with Crippen molar-refractivity contribution in [3.63, 3.8) is 0 Å². The van der Waals surface area contributed by atoms with Crippen LogP contribution < -0.4 is 4.90 Å². The van der Waals surface area contributed by atoms with Gasteiger partial charge in [0.15, 0.2) is 5.58 Å². The molecule has 1 aliphatic carbocycles. The second-order valence-electron chi connectivity index (χ2n) is 7.67. The minimum atomic E-state index is -0.153. The molecule has 3 heterocycles. The van der Waals surface area contributed by atoms with E-state index in [1.54, 1.807) is 0 Å². The number of rotatable bonds is 2. The molecule has 2 aromatic rings. The molecule has 0 aromatic carbocycles. The zero-order valence-corrected chi connectivity index (χ0v) is 15.1. The van der Waals surface area contributed by atoms with Crippen LogP contribution in [0.2, 0.25) is 0 Å². The third kappa shape index (κ3) is 3.10. The largest absolute Gasteiger partial charge is 0.422 e. The molecule has 134 valence electrons. The van der Waals surface area contributed by atoms with E-state index in [0.717, 1.165) is 44.7 Å². The van der Waals surface area contributed by atoms with Gasteiger partial charge in [-0.15, -0.1) is 0 Å². The third-order valence-electron chi connectivity index (χ3n) is 5.69. The third-order valence-corrected chi connectivity index (χ3v) is 5.69. The van der Waals surface area contributed by atoms with Crippen LogP contribution in [0.4, 0.5) is 6.01 Å². The molecule has 25 heavy (non-hydrogen) atoms. The molecule has 0 bridgehead atoms. The maximum atomic E-state index is 13.0. The quantitative estimate of drug-likeness (QED) is 0.839. The summed E-state index contributed by atoms with van der Waals surface area (Å²) in [6.07, 6.45) is 5.68. The summed E-state index contributed by atoms with van der Waals surface area (Å²) in [7, 11) is 0. The van der Waals surface area contributed by atoms with E-state index in [1.807, 2.05) is 24.0 Å². The number of carbonyl (C=O) groups is 1. The first kappa shape index (κ1) is 16.4. The van der Waals surface area contributed by atoms with Crippen molar-refractivity contribution in [3.8, 4) is 0 Å². The summed E-state index contributed by atoms with van der Waals surface area (Å²) in [5.74, 6) is 0.335. The molecule has 6 nitrogen and oxygen atoms in total. The molecule has 0 unspecified atom stereocenters. The van der Waals surface area contributed by atoms with Crippen LogP contribution >= 0.6 is 0 Å². The number of oxazole rings is 1. The summed E-state index contributed by atoms with van der Waals surface area (Å²) in [6, 6.07) is 4.46. The zero-order chi connectivity index (χ0) is 17.4. The van der Waals surface area contributed by atoms with Gasteiger partial charge >= 0.3 is 0 Å². The Kier molecular flexibility index (Phi) is 4.13. The lowest BCUT2D eigenvalue weighted by molar-refractivity contribution is -0.143. The van der Waals surface area contributed by atoms with E-state index < -0.39 is 0 Å². The lowest BCUT2D eigenvalue weighted by Gasteiger charge is -2.40. The molecule has 6 heteroatoms. The fraction of sp³-hybridized carbons (Fsp3) is 0.632. The number of anilines is 1. The van der Waals surface area contributed by atoms with Crippen LogP contribution in [0.15, 0.2) is 16.5 Å². The van der Waals surface area contributed by atoms with E-state index in [4.69, 9.17) is 4.42 Å². The zero-order valence-electron chi connectivity index (χ0n) is 15.1. The van der Waals surface area contributed by atoms with Gasteiger partial charge in [-0.05, 0) is 31.9 Å². The Morgan fingerprint density at radius 1 is 1.08 bits per heavy atom. The molecule has 0 radical (unpaired) electrons. The smallest absolute Gasteiger partial charge is 0.300 e. The second-order valence-corrected chi connectivity index (χ2v) is 7.67. The Balaban J connectivity index is 1.42. The summed E-state index contributed by atoms with van der Waals surface area (Å²) < 4.78 is 5.84. The number of fused-ring (bicyclic) bond motifs is 1. The predicted octanol–water partition coefficient (Wildman–Crippen LogP) is 3.15. The van der Waals surface area contributed by atoms with E-state index in [9.17, 15) is 4.79 Å². The maximum absolute atomic E-state index is 13.0. The number of hydrogen-bond acceptors (Lipinski definition) is 5. The van der Waals surface area contributed by atoms with E-state index in [-0.39, 0.29) is 5.41 Å². The first-order chi connectivity index (χ1) is 12.0. The van der Waals surface area contributed by atoms with Crippen molar-refractivity contribution in [2.75, 3.05) is 31.1 Å². The number of pyridine rings is 1. The molecule has 0 spiro atoms. The van der Waals surface area contributed by atoms with Crippen molar-refractivity contribution in [2.45, 2.75) is 46.0 Å². The van der Waals surface area contributed by atoms with Crippen LogP contribution in [0.1, 0.15) is 44.7 Å². The van der Waals surface area contributed by atoms with Crippen molar-refractivity contribution in [3.05, 3.63) is 17.8 Å². The summed E-state index contributed by atoms with van der Waals surface area (Å²) >= 11 is 0. The fourth-order valence-electron chi connectivity index (χ4n) is 4.07. The molecule has 0 N–H and O–H groups in total. The topological polar surface area (TPSA) is 62.5 Å². The van der Waals surface area contributed by atoms with Crippen LogP contribution in [0.25, 0.3) is 11.2 Å². The van der Waals surface area contributed by atoms with Gasteiger partial charge in [0.05, 0.1) is 0 Å². The van der Waals surface area contributed by atoms with Crippen LogP contribution in [0, 0.1) is 12.3 Å². The molecule has 1 amide bonds. The Morgan fingerprint density at radius 2 is 1.80 bits per heavy atom. The van der Waals surface area contributed by atoms with E-state index >= 15 is 0 Å². The fourth-order valence-corrected chi connectivity index (χ4v) is 4.07. The van der Waals surface area contributed by atoms with E-state index in [1.165, 1.54) is 19.3 Å². The number of hydrogen-bond donors (Lipinski definition) is 0. The van der Waals surface area contributed by atoms with Crippen molar-refractivity contribution in [1.29, 1.82) is 0 Å². The molecular formula is C19H26N4O2. The van der Waals surface area contributed by atoms with Gasteiger partial charge in [-0.2, -0.15) is 4.98 Å². The van der Waals surface area contributed by atoms with Gasteiger partial charge in [-0.25, -0.2) is 4.98 Å². The molecule has 2 fully saturated rings. The number of aromatic nitrogens is 2. The Hall–Kier alpha value is -2.11. The van der Waals surface area contributed by atoms with Gasteiger partial charge in [0.25, 0.3) is 6.01 Å². The van der Waals surface area contributed by atoms with Crippen molar-refractivity contribution in [1.82, 2.24) is 14.9 Å². The van der Waals surface area contributed by atoms with Gasteiger partial charge < -0.3 is 14.2 Å². The molecular weight excluding hydrogens is 316 g/mol. The summed E-state index contributed by atoms with van der Waals surface area (Å²) in [5.41, 5.74) is 2.15. The molecule has 0 atom stereocenters. The summed E-state index contributed by atoms with van der Waals surface area (Å²) in [4.78, 5) is 26.0. The highest BCUT2D eigenvalue weighted by Gasteiger charge is 2.38. The highest BCUT2D eigenvalue weighted by atomic mass is 16.4. The Labute approximate surface area is 148 Å². The number of piperazine rings is 1. The lowest BCUT2D eigenvalue weighted by Crippen LogP contribution is -2.53. The standard InChI is InChI=1S/C19H26N4O2/c1-14-6-7-15-16(20-14)21-18(25-15)23-12-10-22(11-13-23)17(24)19(2)8-4-3-5-9-19/h6-7H,3-5,8-13H2,1-2H3. The molecule has 2 aromatic heterocycles. The molecule has 1 aliphatic heterocycles. The van der Waals surface area contributed by atoms with Gasteiger partial charge in [-0.3, -0.25) is 4.79 Å². The highest BCUT2D eigenvalue weighted by Crippen LogP contribution is 2.37. The van der Waals surface area contributed by atoms with E-state index in [2.05, 4.69) is 21.8 Å². The molecule has 2 aliphatic rings. The highest BCUT2D eigenvalue weighted by molar-refractivity contribution is 5.82. The maximum Gasteiger partial charge on any atom is 0.300 e. The Bertz CT molecular complexity index is 771. The SMILES string of the molecule is Cc1ccc2oc(N3CCN(C(=O)C4(C)CCCCC4)CC3)nc2n1. The molecule has 4 rings (SSSR count). The first-order valence-corrected chi connectivity index (χ1v) is 9.34. The summed E-state index contributed by atoms with van der Waals surface area (Å²) in [5, 5.41) is 0. The van der Waals surface area contributed by atoms with Crippen molar-refractivity contribution < 1.29 is 9.21 Å².